The minimum absolute atomic E-state index is 0.0204. The third-order valence-corrected chi connectivity index (χ3v) is 3.20. The number of rotatable bonds is 3. The van der Waals surface area contributed by atoms with Gasteiger partial charge in [0.05, 0.1) is 11.2 Å². The number of carbonyl (C=O) groups excluding carboxylic acids is 1. The average Bonchev–Trinajstić information content (AvgIpc) is 2.73. The first kappa shape index (κ1) is 16.0. The molecule has 0 aromatic carbocycles. The van der Waals surface area contributed by atoms with Crippen molar-refractivity contribution in [3.8, 4) is 0 Å². The Bertz CT molecular complexity index is 750. The minimum atomic E-state index is -0.253. The van der Waals surface area contributed by atoms with E-state index in [4.69, 9.17) is 0 Å². The van der Waals surface area contributed by atoms with Gasteiger partial charge in [0.15, 0.2) is 0 Å². The highest BCUT2D eigenvalue weighted by Crippen LogP contribution is 2.21. The summed E-state index contributed by atoms with van der Waals surface area (Å²) in [6.45, 7) is 9.74. The van der Waals surface area contributed by atoms with Crippen LogP contribution < -0.4 is 10.9 Å². The van der Waals surface area contributed by atoms with Crippen LogP contribution in [0.25, 0.3) is 0 Å². The number of aryl methyl sites for hydroxylation is 2. The maximum atomic E-state index is 12.2. The molecule has 0 fully saturated rings. The number of anilines is 1. The molecule has 118 valence electrons. The Morgan fingerprint density at radius 2 is 1.95 bits per heavy atom. The van der Waals surface area contributed by atoms with E-state index < -0.39 is 0 Å². The number of carbonyl (C=O) groups is 1. The fourth-order valence-electron chi connectivity index (χ4n) is 2.17. The lowest BCUT2D eigenvalue weighted by atomic mass is 10.1. The molecule has 0 radical (unpaired) electrons. The third-order valence-electron chi connectivity index (χ3n) is 3.20. The van der Waals surface area contributed by atoms with Crippen LogP contribution in [0.3, 0.4) is 0 Å². The summed E-state index contributed by atoms with van der Waals surface area (Å²) in [4.78, 5) is 24.0. The number of hydrogen-bond acceptors (Lipinski definition) is 3. The minimum Gasteiger partial charge on any atom is -0.309 e. The van der Waals surface area contributed by atoms with Gasteiger partial charge < -0.3 is 9.88 Å². The summed E-state index contributed by atoms with van der Waals surface area (Å²) in [6.07, 6.45) is 1.63. The van der Waals surface area contributed by atoms with Crippen LogP contribution in [-0.2, 0) is 16.9 Å². The molecule has 22 heavy (non-hydrogen) atoms. The Hall–Kier alpha value is -2.37. The van der Waals surface area contributed by atoms with Gasteiger partial charge >= 0.3 is 0 Å². The average molecular weight is 302 g/mol. The monoisotopic (exact) mass is 302 g/mol. The van der Waals surface area contributed by atoms with E-state index in [1.54, 1.807) is 16.9 Å². The van der Waals surface area contributed by atoms with E-state index in [-0.39, 0.29) is 23.6 Å². The first-order valence-electron chi connectivity index (χ1n) is 7.21. The maximum Gasteiger partial charge on any atom is 0.251 e. The van der Waals surface area contributed by atoms with Gasteiger partial charge in [-0.2, -0.15) is 5.10 Å². The molecule has 0 unspecified atom stereocenters. The van der Waals surface area contributed by atoms with Crippen molar-refractivity contribution in [3.63, 3.8) is 0 Å². The summed E-state index contributed by atoms with van der Waals surface area (Å²) >= 11 is 0. The molecule has 0 aliphatic rings. The number of pyridine rings is 1. The van der Waals surface area contributed by atoms with Crippen LogP contribution >= 0.6 is 0 Å². The van der Waals surface area contributed by atoms with Crippen molar-refractivity contribution < 1.29 is 4.79 Å². The quantitative estimate of drug-likeness (QED) is 0.943. The highest BCUT2D eigenvalue weighted by Gasteiger charge is 2.20. The molecule has 2 aromatic rings. The molecule has 2 aromatic heterocycles. The molecule has 0 saturated carbocycles. The van der Waals surface area contributed by atoms with E-state index in [0.29, 0.717) is 5.82 Å². The Kier molecular flexibility index (Phi) is 4.21. The van der Waals surface area contributed by atoms with Crippen molar-refractivity contribution in [2.24, 2.45) is 0 Å². The topological polar surface area (TPSA) is 68.9 Å². The van der Waals surface area contributed by atoms with E-state index in [2.05, 4.69) is 10.4 Å². The number of nitrogens with one attached hydrogen (secondary N) is 1. The summed E-state index contributed by atoms with van der Waals surface area (Å²) in [5.41, 5.74) is 1.29. The Morgan fingerprint density at radius 1 is 1.27 bits per heavy atom. The van der Waals surface area contributed by atoms with Crippen LogP contribution in [0.2, 0.25) is 0 Å². The van der Waals surface area contributed by atoms with Crippen LogP contribution in [0.1, 0.15) is 32.0 Å². The largest absolute Gasteiger partial charge is 0.309 e. The van der Waals surface area contributed by atoms with Gasteiger partial charge in [0.1, 0.15) is 12.4 Å². The number of hydrogen-bond donors (Lipinski definition) is 1. The summed E-state index contributed by atoms with van der Waals surface area (Å²) in [6, 6.07) is 5.14. The van der Waals surface area contributed by atoms with Crippen molar-refractivity contribution in [2.45, 2.75) is 46.7 Å². The van der Waals surface area contributed by atoms with E-state index in [0.717, 1.165) is 11.3 Å². The lowest BCUT2D eigenvalue weighted by molar-refractivity contribution is -0.116. The van der Waals surface area contributed by atoms with E-state index in [1.165, 1.54) is 10.6 Å². The smallest absolute Gasteiger partial charge is 0.251 e. The Morgan fingerprint density at radius 3 is 2.55 bits per heavy atom. The van der Waals surface area contributed by atoms with Crippen molar-refractivity contribution in [3.05, 3.63) is 46.0 Å². The maximum absolute atomic E-state index is 12.2. The summed E-state index contributed by atoms with van der Waals surface area (Å²) in [5.74, 6) is 0.381. The molecular formula is C16H22N4O2. The molecule has 1 amide bonds. The molecule has 0 bridgehead atoms. The first-order chi connectivity index (χ1) is 10.2. The molecule has 0 aliphatic carbocycles. The number of nitrogens with zero attached hydrogens (tertiary/aromatic N) is 3. The van der Waals surface area contributed by atoms with Crippen LogP contribution in [0.4, 0.5) is 5.82 Å². The zero-order valence-electron chi connectivity index (χ0n) is 13.7. The predicted octanol–water partition coefficient (Wildman–Crippen LogP) is 2.06. The summed E-state index contributed by atoms with van der Waals surface area (Å²) < 4.78 is 3.16. The van der Waals surface area contributed by atoms with Crippen LogP contribution in [0.5, 0.6) is 0 Å². The molecule has 0 aliphatic heterocycles. The molecule has 6 heteroatoms. The van der Waals surface area contributed by atoms with Gasteiger partial charge in [-0.25, -0.2) is 4.68 Å². The van der Waals surface area contributed by atoms with Gasteiger partial charge in [0.2, 0.25) is 5.91 Å². The van der Waals surface area contributed by atoms with Crippen LogP contribution in [0.15, 0.2) is 29.2 Å². The van der Waals surface area contributed by atoms with E-state index in [9.17, 15) is 9.59 Å². The van der Waals surface area contributed by atoms with E-state index in [1.807, 2.05) is 40.7 Å². The molecule has 1 N–H and O–H groups in total. The third kappa shape index (κ3) is 3.63. The highest BCUT2D eigenvalue weighted by atomic mass is 16.2. The molecule has 2 rings (SSSR count). The van der Waals surface area contributed by atoms with Crippen LogP contribution in [-0.4, -0.2) is 20.3 Å². The molecule has 2 heterocycles. The highest BCUT2D eigenvalue weighted by molar-refractivity contribution is 5.89. The van der Waals surface area contributed by atoms with Crippen LogP contribution in [0, 0.1) is 13.8 Å². The summed E-state index contributed by atoms with van der Waals surface area (Å²) in [7, 11) is 0. The lowest BCUT2D eigenvalue weighted by Crippen LogP contribution is -2.30. The molecular weight excluding hydrogens is 280 g/mol. The Balaban J connectivity index is 2.18. The van der Waals surface area contributed by atoms with Gasteiger partial charge in [0, 0.05) is 18.3 Å². The fourth-order valence-corrected chi connectivity index (χ4v) is 2.17. The fraction of sp³-hybridized carbons (Fsp3) is 0.438. The van der Waals surface area contributed by atoms with Crippen molar-refractivity contribution >= 4 is 11.7 Å². The predicted molar refractivity (Wildman–Crippen MR) is 86.0 cm³/mol. The molecule has 6 nitrogen and oxygen atoms in total. The Labute approximate surface area is 129 Å². The van der Waals surface area contributed by atoms with Gasteiger partial charge in [-0.15, -0.1) is 0 Å². The van der Waals surface area contributed by atoms with Gasteiger partial charge in [-0.1, -0.05) is 0 Å². The second kappa shape index (κ2) is 5.79. The zero-order chi connectivity index (χ0) is 16.5. The van der Waals surface area contributed by atoms with Crippen molar-refractivity contribution in [1.82, 2.24) is 14.3 Å². The molecule has 0 spiro atoms. The molecule has 0 atom stereocenters. The standard InChI is InChI=1S/C16H22N4O2/c1-11-6-7-19(15(22)8-11)10-14(21)17-13-9-12(2)18-20(13)16(3,4)5/h6-9H,10H2,1-5H3,(H,17,21). The lowest BCUT2D eigenvalue weighted by Gasteiger charge is -2.22. The number of aromatic nitrogens is 3. The van der Waals surface area contributed by atoms with Crippen molar-refractivity contribution in [2.75, 3.05) is 5.32 Å². The SMILES string of the molecule is Cc1ccn(CC(=O)Nc2cc(C)nn2C(C)(C)C)c(=O)c1. The molecule has 0 saturated heterocycles. The van der Waals surface area contributed by atoms with Crippen molar-refractivity contribution in [1.29, 1.82) is 0 Å². The van der Waals surface area contributed by atoms with Gasteiger partial charge in [-0.05, 0) is 46.2 Å². The zero-order valence-corrected chi connectivity index (χ0v) is 13.7. The van der Waals surface area contributed by atoms with Gasteiger partial charge in [0.25, 0.3) is 5.56 Å². The van der Waals surface area contributed by atoms with E-state index >= 15 is 0 Å². The number of amides is 1. The second-order valence-electron chi connectivity index (χ2n) is 6.47. The van der Waals surface area contributed by atoms with Gasteiger partial charge in [-0.3, -0.25) is 9.59 Å². The first-order valence-corrected chi connectivity index (χ1v) is 7.21. The summed E-state index contributed by atoms with van der Waals surface area (Å²) in [5, 5.41) is 7.23. The normalized spacial score (nSPS) is 11.5. The second-order valence-corrected chi connectivity index (χ2v) is 6.47.